The number of amides is 1. The standard InChI is InChI=1S/C15H15ClN2O2/c16-9-1-4-14-12(5-9)13(6-17-14)15(19)18-10-2-3-11(18)8-20-7-10/h1,4-6,10-11,17H,2-3,7-8H2. The Morgan fingerprint density at radius 3 is 2.80 bits per heavy atom. The molecule has 1 N–H and O–H groups in total. The van der Waals surface area contributed by atoms with Crippen LogP contribution >= 0.6 is 11.6 Å². The number of morpholine rings is 1. The summed E-state index contributed by atoms with van der Waals surface area (Å²) >= 11 is 6.05. The van der Waals surface area contributed by atoms with Crippen molar-refractivity contribution in [2.75, 3.05) is 13.2 Å². The molecular weight excluding hydrogens is 276 g/mol. The first-order chi connectivity index (χ1) is 9.74. The lowest BCUT2D eigenvalue weighted by molar-refractivity contribution is -0.00705. The summed E-state index contributed by atoms with van der Waals surface area (Å²) in [6, 6.07) is 6.04. The Balaban J connectivity index is 1.75. The summed E-state index contributed by atoms with van der Waals surface area (Å²) in [5.74, 6) is 0.0920. The summed E-state index contributed by atoms with van der Waals surface area (Å²) in [5, 5.41) is 1.55. The summed E-state index contributed by atoms with van der Waals surface area (Å²) in [6.45, 7) is 1.32. The van der Waals surface area contributed by atoms with E-state index in [0.717, 1.165) is 23.7 Å². The first-order valence-corrected chi connectivity index (χ1v) is 7.29. The van der Waals surface area contributed by atoms with Gasteiger partial charge in [0, 0.05) is 22.1 Å². The highest BCUT2D eigenvalue weighted by molar-refractivity contribution is 6.31. The van der Waals surface area contributed by atoms with Crippen molar-refractivity contribution in [3.8, 4) is 0 Å². The zero-order valence-corrected chi connectivity index (χ0v) is 11.7. The first-order valence-electron chi connectivity index (χ1n) is 6.91. The van der Waals surface area contributed by atoms with Gasteiger partial charge in [0.1, 0.15) is 0 Å². The summed E-state index contributed by atoms with van der Waals surface area (Å²) in [7, 11) is 0. The summed E-state index contributed by atoms with van der Waals surface area (Å²) in [5.41, 5.74) is 1.65. The zero-order valence-electron chi connectivity index (χ0n) is 10.9. The van der Waals surface area contributed by atoms with Gasteiger partial charge in [0.05, 0.1) is 30.9 Å². The third-order valence-corrected chi connectivity index (χ3v) is 4.58. The van der Waals surface area contributed by atoms with E-state index in [0.29, 0.717) is 23.8 Å². The lowest BCUT2D eigenvalue weighted by atomic mass is 10.1. The zero-order chi connectivity index (χ0) is 13.7. The number of benzene rings is 1. The van der Waals surface area contributed by atoms with E-state index in [9.17, 15) is 4.79 Å². The van der Waals surface area contributed by atoms with E-state index in [1.165, 1.54) is 0 Å². The van der Waals surface area contributed by atoms with Crippen LogP contribution in [0, 0.1) is 0 Å². The average molecular weight is 291 g/mol. The minimum atomic E-state index is 0.0920. The number of nitrogens with zero attached hydrogens (tertiary/aromatic N) is 1. The Bertz CT molecular complexity index is 666. The predicted octanol–water partition coefficient (Wildman–Crippen LogP) is 2.82. The molecule has 2 fully saturated rings. The van der Waals surface area contributed by atoms with Gasteiger partial charge < -0.3 is 14.6 Å². The fourth-order valence-corrected chi connectivity index (χ4v) is 3.54. The van der Waals surface area contributed by atoms with Crippen LogP contribution in [-0.2, 0) is 4.74 Å². The highest BCUT2D eigenvalue weighted by Gasteiger charge is 2.41. The van der Waals surface area contributed by atoms with Crippen molar-refractivity contribution >= 4 is 28.4 Å². The van der Waals surface area contributed by atoms with Crippen LogP contribution in [0.25, 0.3) is 10.9 Å². The molecule has 1 aromatic heterocycles. The number of hydrogen-bond donors (Lipinski definition) is 1. The van der Waals surface area contributed by atoms with Gasteiger partial charge in [-0.2, -0.15) is 0 Å². The fourth-order valence-electron chi connectivity index (χ4n) is 3.37. The molecule has 2 saturated heterocycles. The molecule has 104 valence electrons. The van der Waals surface area contributed by atoms with E-state index < -0.39 is 0 Å². The number of aromatic amines is 1. The Morgan fingerprint density at radius 1 is 1.30 bits per heavy atom. The quantitative estimate of drug-likeness (QED) is 0.878. The van der Waals surface area contributed by atoms with Gasteiger partial charge in [-0.3, -0.25) is 4.79 Å². The van der Waals surface area contributed by atoms with Gasteiger partial charge in [0.2, 0.25) is 0 Å². The monoisotopic (exact) mass is 290 g/mol. The van der Waals surface area contributed by atoms with Crippen LogP contribution in [0.1, 0.15) is 23.2 Å². The summed E-state index contributed by atoms with van der Waals surface area (Å²) in [6.07, 6.45) is 3.87. The Kier molecular flexibility index (Phi) is 2.75. The van der Waals surface area contributed by atoms with Gasteiger partial charge in [-0.05, 0) is 31.0 Å². The maximum absolute atomic E-state index is 12.9. The van der Waals surface area contributed by atoms with E-state index >= 15 is 0 Å². The normalized spacial score (nSPS) is 25.4. The highest BCUT2D eigenvalue weighted by atomic mass is 35.5. The van der Waals surface area contributed by atoms with Gasteiger partial charge in [-0.15, -0.1) is 0 Å². The molecule has 1 amide bonds. The van der Waals surface area contributed by atoms with Crippen molar-refractivity contribution in [2.24, 2.45) is 0 Å². The first kappa shape index (κ1) is 12.2. The number of carbonyl (C=O) groups is 1. The number of ether oxygens (including phenoxy) is 1. The third-order valence-electron chi connectivity index (χ3n) is 4.35. The Labute approximate surface area is 121 Å². The molecule has 5 heteroatoms. The molecule has 4 nitrogen and oxygen atoms in total. The van der Waals surface area contributed by atoms with Gasteiger partial charge in [0.15, 0.2) is 0 Å². The molecular formula is C15H15ClN2O2. The maximum atomic E-state index is 12.9. The summed E-state index contributed by atoms with van der Waals surface area (Å²) < 4.78 is 5.54. The second kappa shape index (κ2) is 4.50. The molecule has 0 spiro atoms. The molecule has 4 rings (SSSR count). The van der Waals surface area contributed by atoms with Crippen molar-refractivity contribution in [3.05, 3.63) is 35.0 Å². The van der Waals surface area contributed by atoms with Crippen molar-refractivity contribution in [1.82, 2.24) is 9.88 Å². The molecule has 1 aromatic carbocycles. The molecule has 0 saturated carbocycles. The lowest BCUT2D eigenvalue weighted by Gasteiger charge is -2.34. The van der Waals surface area contributed by atoms with Crippen molar-refractivity contribution in [1.29, 1.82) is 0 Å². The van der Waals surface area contributed by atoms with Crippen LogP contribution in [0.3, 0.4) is 0 Å². The maximum Gasteiger partial charge on any atom is 0.256 e. The second-order valence-electron chi connectivity index (χ2n) is 5.53. The minimum Gasteiger partial charge on any atom is -0.377 e. The van der Waals surface area contributed by atoms with E-state index in [-0.39, 0.29) is 18.0 Å². The van der Waals surface area contributed by atoms with Crippen LogP contribution in [0.4, 0.5) is 0 Å². The fraction of sp³-hybridized carbons (Fsp3) is 0.400. The van der Waals surface area contributed by atoms with E-state index in [1.807, 2.05) is 23.1 Å². The number of hydrogen-bond acceptors (Lipinski definition) is 2. The van der Waals surface area contributed by atoms with E-state index in [1.54, 1.807) is 6.20 Å². The van der Waals surface area contributed by atoms with Crippen LogP contribution in [0.15, 0.2) is 24.4 Å². The molecule has 0 aliphatic carbocycles. The molecule has 0 radical (unpaired) electrons. The molecule has 2 bridgehead atoms. The number of fused-ring (bicyclic) bond motifs is 3. The SMILES string of the molecule is O=C(c1c[nH]c2ccc(Cl)cc12)N1C2CCC1COC2. The number of nitrogens with one attached hydrogen (secondary N) is 1. The molecule has 2 aromatic rings. The number of H-pyrrole nitrogens is 1. The largest absolute Gasteiger partial charge is 0.377 e. The van der Waals surface area contributed by atoms with Crippen LogP contribution in [-0.4, -0.2) is 41.1 Å². The smallest absolute Gasteiger partial charge is 0.256 e. The molecule has 2 unspecified atom stereocenters. The average Bonchev–Trinajstić information content (AvgIpc) is 2.96. The molecule has 2 aliphatic rings. The van der Waals surface area contributed by atoms with Crippen LogP contribution < -0.4 is 0 Å². The predicted molar refractivity (Wildman–Crippen MR) is 77.1 cm³/mol. The lowest BCUT2D eigenvalue weighted by Crippen LogP contribution is -2.49. The van der Waals surface area contributed by atoms with Crippen molar-refractivity contribution < 1.29 is 9.53 Å². The summed E-state index contributed by atoms with van der Waals surface area (Å²) in [4.78, 5) is 18.0. The van der Waals surface area contributed by atoms with Crippen molar-refractivity contribution in [3.63, 3.8) is 0 Å². The van der Waals surface area contributed by atoms with Gasteiger partial charge in [-0.1, -0.05) is 11.6 Å². The van der Waals surface area contributed by atoms with Gasteiger partial charge >= 0.3 is 0 Å². The van der Waals surface area contributed by atoms with Gasteiger partial charge in [0.25, 0.3) is 5.91 Å². The molecule has 2 aliphatic heterocycles. The van der Waals surface area contributed by atoms with E-state index in [2.05, 4.69) is 4.98 Å². The number of carbonyl (C=O) groups excluding carboxylic acids is 1. The van der Waals surface area contributed by atoms with E-state index in [4.69, 9.17) is 16.3 Å². The molecule has 3 heterocycles. The molecule has 20 heavy (non-hydrogen) atoms. The van der Waals surface area contributed by atoms with Gasteiger partial charge in [-0.25, -0.2) is 0 Å². The van der Waals surface area contributed by atoms with Crippen LogP contribution in [0.2, 0.25) is 5.02 Å². The van der Waals surface area contributed by atoms with Crippen LogP contribution in [0.5, 0.6) is 0 Å². The number of aromatic nitrogens is 1. The highest BCUT2D eigenvalue weighted by Crippen LogP contribution is 2.32. The minimum absolute atomic E-state index is 0.0920. The number of rotatable bonds is 1. The topological polar surface area (TPSA) is 45.3 Å². The second-order valence-corrected chi connectivity index (χ2v) is 5.96. The van der Waals surface area contributed by atoms with Crippen molar-refractivity contribution in [2.45, 2.75) is 24.9 Å². The Hall–Kier alpha value is -1.52. The molecule has 2 atom stereocenters. The third kappa shape index (κ3) is 1.75. The number of halogens is 1. The Morgan fingerprint density at radius 2 is 2.05 bits per heavy atom.